The molecule has 3 aromatic heterocycles. The Morgan fingerprint density at radius 3 is 1.83 bits per heavy atom. The van der Waals surface area contributed by atoms with E-state index >= 15 is 0 Å². The Morgan fingerprint density at radius 2 is 1.52 bits per heavy atom. The van der Waals surface area contributed by atoms with Gasteiger partial charge in [0.15, 0.2) is 23.8 Å². The minimum Gasteiger partial charge on any atom is -0.467 e. The number of nitriles is 2. The number of hydrogen-bond acceptors (Lipinski definition) is 7. The molecule has 155 valence electrons. The molecule has 8 nitrogen and oxygen atoms in total. The van der Waals surface area contributed by atoms with Gasteiger partial charge < -0.3 is 24.3 Å². The summed E-state index contributed by atoms with van der Waals surface area (Å²) < 4.78 is 14.5. The van der Waals surface area contributed by atoms with Crippen molar-refractivity contribution in [3.8, 4) is 12.1 Å². The molecule has 3 radical (unpaired) electrons. The Morgan fingerprint density at radius 1 is 1.00 bits per heavy atom. The summed E-state index contributed by atoms with van der Waals surface area (Å²) in [5.41, 5.74) is 5.28. The van der Waals surface area contributed by atoms with E-state index in [-0.39, 0.29) is 30.7 Å². The van der Waals surface area contributed by atoms with Gasteiger partial charge in [0.2, 0.25) is 6.04 Å². The quantitative estimate of drug-likeness (QED) is 0.504. The van der Waals surface area contributed by atoms with Crippen molar-refractivity contribution in [3.05, 3.63) is 72.5 Å². The molecule has 0 aliphatic heterocycles. The molecule has 0 amide bonds. The van der Waals surface area contributed by atoms with E-state index in [2.05, 4.69) is 10.5 Å². The van der Waals surface area contributed by atoms with E-state index in [1.54, 1.807) is 48.0 Å². The summed E-state index contributed by atoms with van der Waals surface area (Å²) in [7, 11) is 1.84. The third-order valence-corrected chi connectivity index (χ3v) is 2.97. The fraction of sp³-hybridized carbons (Fsp3) is 0.250. The minimum atomic E-state index is -0.625. The highest BCUT2D eigenvalue weighted by molar-refractivity contribution is 5.75. The first kappa shape index (κ1) is 30.2. The van der Waals surface area contributed by atoms with Crippen molar-refractivity contribution in [2.45, 2.75) is 26.9 Å². The number of quaternary nitrogens is 1. The maximum Gasteiger partial charge on any atom is 0.231 e. The highest BCUT2D eigenvalue weighted by Gasteiger charge is 2.12. The molecular formula is C20H29BN4O4+. The summed E-state index contributed by atoms with van der Waals surface area (Å²) in [5, 5.41) is 18.6. The second kappa shape index (κ2) is 17.9. The van der Waals surface area contributed by atoms with Crippen LogP contribution in [0.1, 0.15) is 50.4 Å². The zero-order valence-electron chi connectivity index (χ0n) is 14.7. The lowest BCUT2D eigenvalue weighted by Crippen LogP contribution is -2.80. The second-order valence-corrected chi connectivity index (χ2v) is 4.71. The van der Waals surface area contributed by atoms with Crippen molar-refractivity contribution >= 4 is 14.7 Å². The summed E-state index contributed by atoms with van der Waals surface area (Å²) in [4.78, 5) is 9.77. The average Bonchev–Trinajstić information content (AvgIpc) is 3.46. The number of furan rings is 3. The molecule has 0 aliphatic rings. The smallest absolute Gasteiger partial charge is 0.231 e. The number of carbonyl (C=O) groups excluding carboxylic acids is 1. The third-order valence-electron chi connectivity index (χ3n) is 2.97. The molecule has 29 heavy (non-hydrogen) atoms. The molecule has 9 heteroatoms. The summed E-state index contributed by atoms with van der Waals surface area (Å²) in [6, 6.07) is 13.4. The monoisotopic (exact) mass is 401 g/mol. The molecule has 3 aromatic rings. The highest BCUT2D eigenvalue weighted by Crippen LogP contribution is 2.08. The zero-order valence-corrected chi connectivity index (χ0v) is 14.7. The van der Waals surface area contributed by atoms with Crippen LogP contribution in [0.15, 0.2) is 68.4 Å². The largest absolute Gasteiger partial charge is 0.467 e. The number of nitrogens with two attached hydrogens (primary N) is 2. The van der Waals surface area contributed by atoms with Gasteiger partial charge in [0, 0.05) is 9.84 Å². The van der Waals surface area contributed by atoms with E-state index in [9.17, 15) is 4.79 Å². The van der Waals surface area contributed by atoms with Crippen LogP contribution in [0, 0.1) is 22.7 Å². The summed E-state index contributed by atoms with van der Waals surface area (Å²) >= 11 is 0. The fourth-order valence-corrected chi connectivity index (χ4v) is 1.66. The van der Waals surface area contributed by atoms with Gasteiger partial charge in [0.05, 0.1) is 31.9 Å². The highest BCUT2D eigenvalue weighted by atomic mass is 16.3. The lowest BCUT2D eigenvalue weighted by Gasteiger charge is -1.97. The number of rotatable bonds is 4. The Labute approximate surface area is 175 Å². The predicted molar refractivity (Wildman–Crippen MR) is 112 cm³/mol. The van der Waals surface area contributed by atoms with Crippen LogP contribution < -0.4 is 11.1 Å². The van der Waals surface area contributed by atoms with Gasteiger partial charge in [-0.05, 0) is 36.4 Å². The third kappa shape index (κ3) is 11.0. The standard InChI is InChI=1S/C7H8N2O.C6H6N2O.C5H4O2.2CH4.B.H2/c1-9-6(5-8)7-3-2-4-10-7;7-4-5(8)6-2-1-3-9-6;6-4-5-2-1-3-7-5;;;;/h2-4,6,9H,1H3;1-3,5H,8H2;1-4H;2*1H4;;1H/p+1/i;;;;;;1+1. The average molecular weight is 401 g/mol. The van der Waals surface area contributed by atoms with Gasteiger partial charge in [-0.1, -0.05) is 14.9 Å². The maximum atomic E-state index is 9.77. The van der Waals surface area contributed by atoms with Crippen LogP contribution in [0.2, 0.25) is 0 Å². The summed E-state index contributed by atoms with van der Waals surface area (Å²) in [6.07, 6.45) is 5.19. The van der Waals surface area contributed by atoms with Gasteiger partial charge in [-0.3, -0.25) is 4.79 Å². The molecule has 0 aromatic carbocycles. The van der Waals surface area contributed by atoms with Crippen molar-refractivity contribution in [1.82, 2.24) is 0 Å². The van der Waals surface area contributed by atoms with Crippen LogP contribution >= 0.6 is 0 Å². The molecule has 3 rings (SSSR count). The Bertz CT molecular complexity index is 810. The molecule has 2 unspecified atom stereocenters. The summed E-state index contributed by atoms with van der Waals surface area (Å²) in [5.74, 6) is 1.60. The topological polar surface area (TPSA) is 147 Å². The van der Waals surface area contributed by atoms with E-state index in [0.29, 0.717) is 23.6 Å². The van der Waals surface area contributed by atoms with Crippen LogP contribution in [0.4, 0.5) is 0 Å². The molecule has 0 aliphatic carbocycles. The van der Waals surface area contributed by atoms with Crippen molar-refractivity contribution in [3.63, 3.8) is 0 Å². The van der Waals surface area contributed by atoms with Crippen LogP contribution in [-0.2, 0) is 0 Å². The van der Waals surface area contributed by atoms with Gasteiger partial charge in [-0.15, -0.1) is 0 Å². The first-order valence-corrected chi connectivity index (χ1v) is 7.56. The number of nitrogens with zero attached hydrogens (tertiary/aromatic N) is 2. The molecule has 3 heterocycles. The number of aldehydes is 1. The van der Waals surface area contributed by atoms with Crippen LogP contribution in [0.25, 0.3) is 0 Å². The molecule has 4 N–H and O–H groups in total. The zero-order chi connectivity index (χ0) is 19.2. The molecule has 2 atom stereocenters. The first-order valence-electron chi connectivity index (χ1n) is 7.56. The molecule has 0 saturated heterocycles. The normalized spacial score (nSPS) is 10.2. The van der Waals surface area contributed by atoms with Gasteiger partial charge >= 0.3 is 0 Å². The van der Waals surface area contributed by atoms with Crippen LogP contribution in [-0.4, -0.2) is 21.7 Å². The first-order chi connectivity index (χ1) is 12.7. The van der Waals surface area contributed by atoms with E-state index in [1.165, 1.54) is 12.5 Å². The fourth-order valence-electron chi connectivity index (χ4n) is 1.66. The molecule has 0 bridgehead atoms. The van der Waals surface area contributed by atoms with Crippen molar-refractivity contribution in [2.75, 3.05) is 7.05 Å². The van der Waals surface area contributed by atoms with Crippen molar-refractivity contribution in [2.24, 2.45) is 5.73 Å². The lowest BCUT2D eigenvalue weighted by molar-refractivity contribution is -0.658. The van der Waals surface area contributed by atoms with Crippen molar-refractivity contribution < 1.29 is 24.8 Å². The Balaban J connectivity index is -0.000000160. The predicted octanol–water partition coefficient (Wildman–Crippen LogP) is 3.07. The van der Waals surface area contributed by atoms with E-state index in [1.807, 2.05) is 13.1 Å². The van der Waals surface area contributed by atoms with Gasteiger partial charge in [0.1, 0.15) is 11.8 Å². The van der Waals surface area contributed by atoms with E-state index in [4.69, 9.17) is 25.1 Å². The Kier molecular flexibility index (Phi) is 18.6. The SMILES string of the molecule is C.C.C[NH2+]C(C#N)c1ccco1.N#CC(N)c1ccco1.O=Cc1ccco1.[2HH].[B]. The van der Waals surface area contributed by atoms with Crippen LogP contribution in [0.3, 0.4) is 0 Å². The van der Waals surface area contributed by atoms with E-state index < -0.39 is 6.04 Å². The van der Waals surface area contributed by atoms with Crippen LogP contribution in [0.5, 0.6) is 0 Å². The molecular weight excluding hydrogens is 371 g/mol. The van der Waals surface area contributed by atoms with Crippen molar-refractivity contribution in [1.29, 1.82) is 10.5 Å². The number of hydrogen-bond donors (Lipinski definition) is 2. The van der Waals surface area contributed by atoms with E-state index in [0.717, 1.165) is 0 Å². The molecule has 0 fully saturated rings. The molecule has 0 spiro atoms. The minimum absolute atomic E-state index is 0. The van der Waals surface area contributed by atoms with Gasteiger partial charge in [-0.25, -0.2) is 0 Å². The second-order valence-electron chi connectivity index (χ2n) is 4.71. The maximum absolute atomic E-state index is 9.77. The van der Waals surface area contributed by atoms with Gasteiger partial charge in [-0.2, -0.15) is 10.5 Å². The van der Waals surface area contributed by atoms with Gasteiger partial charge in [0.25, 0.3) is 0 Å². The number of carbonyl (C=O) groups is 1. The lowest BCUT2D eigenvalue weighted by atomic mass is 10.2. The summed E-state index contributed by atoms with van der Waals surface area (Å²) in [6.45, 7) is 0. The molecule has 0 saturated carbocycles. The Hall–Kier alpha value is -3.53.